The first kappa shape index (κ1) is 25.2. The maximum Gasteiger partial charge on any atom is 0.246 e. The number of carbonyl (C=O) groups is 1. The normalized spacial score (nSPS) is 16.7. The average molecular weight is 521 g/mol. The fourth-order valence-corrected chi connectivity index (χ4v) is 6.03. The number of nitrogens with one attached hydrogen (secondary N) is 2. The van der Waals surface area contributed by atoms with Gasteiger partial charge in [0.2, 0.25) is 15.9 Å². The number of sulfonamides is 1. The van der Waals surface area contributed by atoms with E-state index in [1.165, 1.54) is 17.5 Å². The molecule has 1 amide bonds. The Balaban J connectivity index is 1.35. The molecule has 0 aliphatic carbocycles. The molecule has 0 radical (unpaired) electrons. The van der Waals surface area contributed by atoms with Crippen LogP contribution in [0.4, 0.5) is 10.1 Å². The van der Waals surface area contributed by atoms with Crippen LogP contribution in [0.3, 0.4) is 0 Å². The number of piperidine rings is 1. The van der Waals surface area contributed by atoms with E-state index in [2.05, 4.69) is 15.6 Å². The van der Waals surface area contributed by atoms with Gasteiger partial charge in [-0.1, -0.05) is 11.6 Å². The summed E-state index contributed by atoms with van der Waals surface area (Å²) >= 11 is 6.03. The summed E-state index contributed by atoms with van der Waals surface area (Å²) in [5.41, 5.74) is 1.64. The average Bonchev–Trinajstić information content (AvgIpc) is 2.86. The second kappa shape index (κ2) is 10.8. The molecule has 0 bridgehead atoms. The number of hydrogen-bond donors (Lipinski definition) is 2. The Morgan fingerprint density at radius 3 is 2.86 bits per heavy atom. The molecule has 1 fully saturated rings. The minimum Gasteiger partial charge on any atom is -0.495 e. The van der Waals surface area contributed by atoms with E-state index < -0.39 is 21.8 Å². The number of anilines is 1. The van der Waals surface area contributed by atoms with Crippen molar-refractivity contribution < 1.29 is 22.3 Å². The maximum atomic E-state index is 13.8. The molecule has 0 spiro atoms. The summed E-state index contributed by atoms with van der Waals surface area (Å²) in [6.07, 6.45) is 2.78. The standard InChI is InChI=1S/C24H26ClFN4O4S/c1-34-22-7-5-18(26)14-23(22)35(32,33)30-12-2-3-16(15-30)24(31)29-11-10-28-20-8-9-27-21-13-17(25)4-6-19(20)21/h4-9,13-14,16H,2-3,10-12,15H2,1H3,(H,27,28)(H,29,31). The Morgan fingerprint density at radius 2 is 2.06 bits per heavy atom. The van der Waals surface area contributed by atoms with Crippen LogP contribution in [0, 0.1) is 11.7 Å². The minimum atomic E-state index is -4.02. The third-order valence-corrected chi connectivity index (χ3v) is 8.06. The number of fused-ring (bicyclic) bond motifs is 1. The third kappa shape index (κ3) is 5.66. The molecule has 1 aromatic heterocycles. The molecule has 3 aromatic rings. The summed E-state index contributed by atoms with van der Waals surface area (Å²) in [7, 11) is -2.69. The van der Waals surface area contributed by atoms with Gasteiger partial charge in [-0.15, -0.1) is 0 Å². The van der Waals surface area contributed by atoms with Gasteiger partial charge in [0.1, 0.15) is 16.5 Å². The second-order valence-corrected chi connectivity index (χ2v) is 10.6. The number of nitrogens with zero attached hydrogens (tertiary/aromatic N) is 2. The first-order chi connectivity index (χ1) is 16.8. The van der Waals surface area contributed by atoms with Crippen molar-refractivity contribution in [2.45, 2.75) is 17.7 Å². The van der Waals surface area contributed by atoms with Crippen LogP contribution in [-0.2, 0) is 14.8 Å². The minimum absolute atomic E-state index is 0.0248. The predicted octanol–water partition coefficient (Wildman–Crippen LogP) is 3.66. The Kier molecular flexibility index (Phi) is 7.73. The molecule has 2 aromatic carbocycles. The van der Waals surface area contributed by atoms with Crippen molar-refractivity contribution in [1.29, 1.82) is 0 Å². The van der Waals surface area contributed by atoms with Gasteiger partial charge < -0.3 is 15.4 Å². The monoisotopic (exact) mass is 520 g/mol. The lowest BCUT2D eigenvalue weighted by atomic mass is 9.99. The number of aromatic nitrogens is 1. The van der Waals surface area contributed by atoms with Crippen LogP contribution in [0.2, 0.25) is 5.02 Å². The highest BCUT2D eigenvalue weighted by Gasteiger charge is 2.35. The number of hydrogen-bond acceptors (Lipinski definition) is 6. The van der Waals surface area contributed by atoms with Gasteiger partial charge in [-0.05, 0) is 55.3 Å². The maximum absolute atomic E-state index is 13.8. The van der Waals surface area contributed by atoms with Crippen molar-refractivity contribution in [2.75, 3.05) is 38.6 Å². The molecule has 1 aliphatic heterocycles. The van der Waals surface area contributed by atoms with Crippen molar-refractivity contribution >= 4 is 44.1 Å². The van der Waals surface area contributed by atoms with Crippen LogP contribution in [0.15, 0.2) is 53.6 Å². The van der Waals surface area contributed by atoms with Crippen LogP contribution in [-0.4, -0.2) is 56.9 Å². The lowest BCUT2D eigenvalue weighted by molar-refractivity contribution is -0.125. The number of halogens is 2. The van der Waals surface area contributed by atoms with Crippen molar-refractivity contribution in [1.82, 2.24) is 14.6 Å². The van der Waals surface area contributed by atoms with E-state index in [4.69, 9.17) is 16.3 Å². The number of pyridine rings is 1. The Bertz CT molecular complexity index is 1340. The molecule has 0 saturated carbocycles. The lowest BCUT2D eigenvalue weighted by Gasteiger charge is -2.31. The van der Waals surface area contributed by atoms with E-state index in [0.29, 0.717) is 31.0 Å². The fourth-order valence-electron chi connectivity index (χ4n) is 4.17. The summed E-state index contributed by atoms with van der Waals surface area (Å²) in [5, 5.41) is 7.69. The number of rotatable bonds is 8. The molecule has 1 atom stereocenters. The van der Waals surface area contributed by atoms with Crippen LogP contribution < -0.4 is 15.4 Å². The first-order valence-electron chi connectivity index (χ1n) is 11.2. The van der Waals surface area contributed by atoms with E-state index in [-0.39, 0.29) is 29.6 Å². The van der Waals surface area contributed by atoms with Crippen molar-refractivity contribution in [3.63, 3.8) is 0 Å². The molecule has 1 saturated heterocycles. The molecule has 1 aliphatic rings. The summed E-state index contributed by atoms with van der Waals surface area (Å²) in [4.78, 5) is 16.8. The number of carbonyl (C=O) groups excluding carboxylic acids is 1. The van der Waals surface area contributed by atoms with E-state index in [1.807, 2.05) is 12.1 Å². The molecule has 11 heteroatoms. The number of ether oxygens (including phenoxy) is 1. The van der Waals surface area contributed by atoms with Crippen LogP contribution in [0.5, 0.6) is 5.75 Å². The summed E-state index contributed by atoms with van der Waals surface area (Å²) in [6.45, 7) is 1.11. The van der Waals surface area contributed by atoms with Gasteiger partial charge in [0.05, 0.1) is 18.5 Å². The van der Waals surface area contributed by atoms with E-state index in [9.17, 15) is 17.6 Å². The molecular formula is C24H26ClFN4O4S. The lowest BCUT2D eigenvalue weighted by Crippen LogP contribution is -2.46. The van der Waals surface area contributed by atoms with Gasteiger partial charge in [-0.2, -0.15) is 4.31 Å². The largest absolute Gasteiger partial charge is 0.495 e. The zero-order valence-electron chi connectivity index (χ0n) is 19.1. The van der Waals surface area contributed by atoms with Gasteiger partial charge in [0, 0.05) is 48.5 Å². The van der Waals surface area contributed by atoms with Gasteiger partial charge in [-0.3, -0.25) is 9.78 Å². The number of benzene rings is 2. The fraction of sp³-hybridized carbons (Fsp3) is 0.333. The van der Waals surface area contributed by atoms with Gasteiger partial charge in [-0.25, -0.2) is 12.8 Å². The Hall–Kier alpha value is -2.95. The van der Waals surface area contributed by atoms with Crippen LogP contribution in [0.1, 0.15) is 12.8 Å². The third-order valence-electron chi connectivity index (χ3n) is 5.94. The Morgan fingerprint density at radius 1 is 1.23 bits per heavy atom. The molecule has 186 valence electrons. The van der Waals surface area contributed by atoms with Crippen LogP contribution >= 0.6 is 11.6 Å². The highest BCUT2D eigenvalue weighted by Crippen LogP contribution is 2.30. The highest BCUT2D eigenvalue weighted by atomic mass is 35.5. The van der Waals surface area contributed by atoms with E-state index >= 15 is 0 Å². The highest BCUT2D eigenvalue weighted by molar-refractivity contribution is 7.89. The van der Waals surface area contributed by atoms with Crippen LogP contribution in [0.25, 0.3) is 10.9 Å². The number of methoxy groups -OCH3 is 1. The molecular weight excluding hydrogens is 495 g/mol. The molecule has 35 heavy (non-hydrogen) atoms. The first-order valence-corrected chi connectivity index (χ1v) is 13.0. The van der Waals surface area contributed by atoms with Gasteiger partial charge in [0.25, 0.3) is 0 Å². The zero-order valence-corrected chi connectivity index (χ0v) is 20.7. The molecule has 1 unspecified atom stereocenters. The zero-order chi connectivity index (χ0) is 25.0. The van der Waals surface area contributed by atoms with Crippen molar-refractivity contribution in [3.05, 3.63) is 59.5 Å². The summed E-state index contributed by atoms with van der Waals surface area (Å²) in [5.74, 6) is -1.32. The Labute approximate surface area is 208 Å². The summed E-state index contributed by atoms with van der Waals surface area (Å²) < 4.78 is 46.4. The SMILES string of the molecule is COc1ccc(F)cc1S(=O)(=O)N1CCCC(C(=O)NCCNc2ccnc3cc(Cl)ccc23)C1. The molecule has 8 nitrogen and oxygen atoms in total. The topological polar surface area (TPSA) is 101 Å². The summed E-state index contributed by atoms with van der Waals surface area (Å²) in [6, 6.07) is 10.7. The van der Waals surface area contributed by atoms with E-state index in [0.717, 1.165) is 28.7 Å². The number of amides is 1. The van der Waals surface area contributed by atoms with E-state index in [1.54, 1.807) is 18.3 Å². The predicted molar refractivity (Wildman–Crippen MR) is 133 cm³/mol. The van der Waals surface area contributed by atoms with Crippen molar-refractivity contribution in [2.24, 2.45) is 5.92 Å². The second-order valence-electron chi connectivity index (χ2n) is 8.24. The smallest absolute Gasteiger partial charge is 0.246 e. The van der Waals surface area contributed by atoms with Gasteiger partial charge >= 0.3 is 0 Å². The van der Waals surface area contributed by atoms with Gasteiger partial charge in [0.15, 0.2) is 0 Å². The van der Waals surface area contributed by atoms with Crippen molar-refractivity contribution in [3.8, 4) is 5.75 Å². The molecule has 4 rings (SSSR count). The molecule has 2 heterocycles. The molecule has 2 N–H and O–H groups in total. The quantitative estimate of drug-likeness (QED) is 0.440.